The lowest BCUT2D eigenvalue weighted by Gasteiger charge is -2.48. The molecule has 3 amide bonds. The Kier molecular flexibility index (Phi) is 28.0. The number of aliphatic hydroxyl groups excluding tert-OH is 6. The molecule has 6 unspecified atom stereocenters. The van der Waals surface area contributed by atoms with Crippen LogP contribution in [0, 0.1) is 5.92 Å². The third-order valence-electron chi connectivity index (χ3n) is 11.7. The van der Waals surface area contributed by atoms with Crippen molar-refractivity contribution in [3.8, 4) is 0 Å². The molecule has 0 aromatic heterocycles. The lowest BCUT2D eigenvalue weighted by atomic mass is 9.89. The molecule has 75 heavy (non-hydrogen) atoms. The molecule has 0 aliphatic carbocycles. The van der Waals surface area contributed by atoms with Gasteiger partial charge in [0.25, 0.3) is 25.3 Å². The van der Waals surface area contributed by atoms with Crippen molar-refractivity contribution in [2.75, 3.05) is 85.6 Å². The number of rotatable bonds is 35. The van der Waals surface area contributed by atoms with Gasteiger partial charge in [0.15, 0.2) is 24.8 Å². The summed E-state index contributed by atoms with van der Waals surface area (Å²) in [5.41, 5.74) is 5.54. The molecule has 3 saturated heterocycles. The summed E-state index contributed by atoms with van der Waals surface area (Å²) in [7, 11) is 0. The number of nitrogens with zero attached hydrogens (tertiary/aromatic N) is 3. The number of aliphatic carboxylic acids is 2. The largest absolute Gasteiger partial charge is 0.480 e. The molecule has 15 atom stereocenters. The molecular formula is C43H73N7O25. The van der Waals surface area contributed by atoms with Crippen LogP contribution in [0.15, 0.2) is 0 Å². The third kappa shape index (κ3) is 20.2. The number of carbonyl (C=O) groups is 8. The predicted molar refractivity (Wildman–Crippen MR) is 245 cm³/mol. The van der Waals surface area contributed by atoms with E-state index in [1.807, 2.05) is 0 Å². The predicted octanol–water partition coefficient (Wildman–Crippen LogP) is -8.25. The van der Waals surface area contributed by atoms with E-state index in [-0.39, 0.29) is 85.2 Å². The Morgan fingerprint density at radius 3 is 1.63 bits per heavy atom. The van der Waals surface area contributed by atoms with Crippen LogP contribution in [-0.4, -0.2) is 288 Å². The second-order valence-corrected chi connectivity index (χ2v) is 18.1. The molecule has 32 heteroatoms. The summed E-state index contributed by atoms with van der Waals surface area (Å²) in [5, 5.41) is 94.3. The fourth-order valence-electron chi connectivity index (χ4n) is 8.09. The number of amides is 3. The molecule has 430 valence electrons. The maximum Gasteiger partial charge on any atom is 0.335 e. The quantitative estimate of drug-likeness (QED) is 0.0121. The lowest BCUT2D eigenvalue weighted by Crippen LogP contribution is -2.67. The monoisotopic (exact) mass is 1090 g/mol. The number of carbonyl (C=O) groups excluding carboxylic acids is 6. The molecule has 3 aliphatic rings. The molecule has 0 radical (unpaired) electrons. The van der Waals surface area contributed by atoms with Crippen molar-refractivity contribution in [3.63, 3.8) is 0 Å². The molecule has 3 heterocycles. The van der Waals surface area contributed by atoms with E-state index in [0.717, 1.165) is 0 Å². The molecule has 3 fully saturated rings. The SMILES string of the molecule is CC(C)O[C@@H]1C(C(=O)NCCN)O[C@@H](O[C@@H]2C(CC(=O)NCCNC(=O)CN(CCN(CCN(COC=O)COC=O)CC(=O)O)COC=O)O[C@@H](O[C@@H]3C(C(=O)O)O[C@@H](C(C)C)C(O)[C@H]3O)C(O)[C@H]2O)C(O)[C@H]1O. The summed E-state index contributed by atoms with van der Waals surface area (Å²) in [6.07, 6.45) is -29.1. The zero-order chi connectivity index (χ0) is 55.9. The highest BCUT2D eigenvalue weighted by atomic mass is 16.7. The van der Waals surface area contributed by atoms with Crippen LogP contribution in [0.2, 0.25) is 0 Å². The normalized spacial score (nSPS) is 29.9. The van der Waals surface area contributed by atoms with Crippen molar-refractivity contribution in [2.24, 2.45) is 11.7 Å². The first-order chi connectivity index (χ1) is 35.6. The minimum absolute atomic E-state index is 0.0108. The van der Waals surface area contributed by atoms with Crippen molar-refractivity contribution in [3.05, 3.63) is 0 Å². The van der Waals surface area contributed by atoms with Gasteiger partial charge in [0.05, 0.1) is 37.8 Å². The molecule has 0 spiro atoms. The first kappa shape index (κ1) is 64.4. The summed E-state index contributed by atoms with van der Waals surface area (Å²) in [6, 6.07) is 0. The van der Waals surface area contributed by atoms with Gasteiger partial charge in [-0.15, -0.1) is 0 Å². The number of hydrogen-bond donors (Lipinski definition) is 12. The van der Waals surface area contributed by atoms with Crippen LogP contribution in [0.5, 0.6) is 0 Å². The van der Waals surface area contributed by atoms with E-state index < -0.39 is 160 Å². The van der Waals surface area contributed by atoms with Crippen molar-refractivity contribution >= 4 is 49.1 Å². The number of carboxylic acid groups (broad SMARTS) is 2. The van der Waals surface area contributed by atoms with E-state index in [2.05, 4.69) is 16.0 Å². The van der Waals surface area contributed by atoms with Crippen LogP contribution in [0.4, 0.5) is 0 Å². The summed E-state index contributed by atoms with van der Waals surface area (Å²) < 4.78 is 48.8. The van der Waals surface area contributed by atoms with E-state index in [1.165, 1.54) is 14.7 Å². The topological polar surface area (TPSA) is 453 Å². The molecule has 3 rings (SSSR count). The average Bonchev–Trinajstić information content (AvgIpc) is 3.35. The second-order valence-electron chi connectivity index (χ2n) is 18.1. The fourth-order valence-corrected chi connectivity index (χ4v) is 8.09. The Bertz CT molecular complexity index is 1800. The van der Waals surface area contributed by atoms with Gasteiger partial charge in [-0.25, -0.2) is 9.69 Å². The van der Waals surface area contributed by atoms with Gasteiger partial charge >= 0.3 is 11.9 Å². The Balaban J connectivity index is 1.78. The molecule has 3 aliphatic heterocycles. The van der Waals surface area contributed by atoms with Gasteiger partial charge in [-0.05, 0) is 19.8 Å². The molecule has 0 aromatic carbocycles. The Hall–Kier alpha value is -4.88. The third-order valence-corrected chi connectivity index (χ3v) is 11.7. The molecule has 0 saturated carbocycles. The summed E-state index contributed by atoms with van der Waals surface area (Å²) in [5.74, 6) is -5.67. The van der Waals surface area contributed by atoms with Crippen LogP contribution in [0.25, 0.3) is 0 Å². The molecule has 32 nitrogen and oxygen atoms in total. The van der Waals surface area contributed by atoms with Crippen molar-refractivity contribution in [1.29, 1.82) is 0 Å². The van der Waals surface area contributed by atoms with Gasteiger partial charge in [-0.2, -0.15) is 0 Å². The Labute approximate surface area is 430 Å². The first-order valence-corrected chi connectivity index (χ1v) is 23.9. The van der Waals surface area contributed by atoms with E-state index in [1.54, 1.807) is 27.7 Å². The van der Waals surface area contributed by atoms with Crippen molar-refractivity contribution in [2.45, 2.75) is 132 Å². The van der Waals surface area contributed by atoms with Crippen LogP contribution >= 0.6 is 0 Å². The van der Waals surface area contributed by atoms with E-state index >= 15 is 0 Å². The second kappa shape index (κ2) is 32.6. The highest BCUT2D eigenvalue weighted by molar-refractivity contribution is 5.82. The average molecular weight is 1090 g/mol. The van der Waals surface area contributed by atoms with Crippen LogP contribution in [0.1, 0.15) is 34.1 Å². The number of hydrogen-bond acceptors (Lipinski definition) is 27. The van der Waals surface area contributed by atoms with Gasteiger partial charge in [-0.1, -0.05) is 13.8 Å². The Morgan fingerprint density at radius 2 is 1.09 bits per heavy atom. The number of nitrogens with two attached hydrogens (primary N) is 1. The van der Waals surface area contributed by atoms with Gasteiger partial charge < -0.3 is 105 Å². The number of ether oxygens (including phenoxy) is 9. The number of carboxylic acids is 2. The molecule has 0 aromatic rings. The van der Waals surface area contributed by atoms with E-state index in [9.17, 15) is 79.2 Å². The van der Waals surface area contributed by atoms with Gasteiger partial charge in [0.1, 0.15) is 75.1 Å². The number of aliphatic hydroxyl groups is 6. The zero-order valence-electron chi connectivity index (χ0n) is 41.9. The summed E-state index contributed by atoms with van der Waals surface area (Å²) >= 11 is 0. The smallest absolute Gasteiger partial charge is 0.335 e. The highest BCUT2D eigenvalue weighted by Gasteiger charge is 2.56. The van der Waals surface area contributed by atoms with Gasteiger partial charge in [0.2, 0.25) is 11.8 Å². The first-order valence-electron chi connectivity index (χ1n) is 23.9. The van der Waals surface area contributed by atoms with Crippen molar-refractivity contribution < 1.29 is 122 Å². The van der Waals surface area contributed by atoms with E-state index in [4.69, 9.17) is 48.4 Å². The highest BCUT2D eigenvalue weighted by Crippen LogP contribution is 2.35. The minimum Gasteiger partial charge on any atom is -0.480 e. The standard InChI is InChI=1S/C43H73N7O25/c1-22(2)34-28(58)29(59)37(39(72-34)41(65)66)74-42-32(62)30(60)35(73-43-33(63)31(61)36(70-23(3)4)38(75-43)40(64)47-6-5-44)24(71-42)13-25(54)45-7-8-46-26(55)14-49(16-67-19-51)11-9-48(15-27(56)57)10-12-50(17-68-20-52)18-69-21-53/h19-24,28-39,42-43,58-63H,5-18,44H2,1-4H3,(H,45,54)(H,46,55)(H,47,64)(H,56,57)(H,65,66)/t24?,28?,29-,30-,31-,32?,33?,34+,35-,36+,37+,38?,39?,42+,43-/m1/s1. The van der Waals surface area contributed by atoms with Crippen LogP contribution < -0.4 is 21.7 Å². The fraction of sp³-hybridized carbons (Fsp3) is 0.814. The number of nitrogens with one attached hydrogen (secondary N) is 3. The summed E-state index contributed by atoms with van der Waals surface area (Å²) in [6.45, 7) is 4.70. The molecular weight excluding hydrogens is 1010 g/mol. The maximum absolute atomic E-state index is 13.6. The van der Waals surface area contributed by atoms with E-state index in [0.29, 0.717) is 0 Å². The van der Waals surface area contributed by atoms with Crippen molar-refractivity contribution in [1.82, 2.24) is 30.7 Å². The van der Waals surface area contributed by atoms with Gasteiger partial charge in [-0.3, -0.25) is 43.4 Å². The zero-order valence-corrected chi connectivity index (χ0v) is 41.9. The maximum atomic E-state index is 13.6. The van der Waals surface area contributed by atoms with Crippen LogP contribution in [0.3, 0.4) is 0 Å². The summed E-state index contributed by atoms with van der Waals surface area (Å²) in [4.78, 5) is 100. The molecule has 13 N–H and O–H groups in total. The Morgan fingerprint density at radius 1 is 0.587 bits per heavy atom. The van der Waals surface area contributed by atoms with Gasteiger partial charge in [0, 0.05) is 52.4 Å². The lowest BCUT2D eigenvalue weighted by molar-refractivity contribution is -0.368. The minimum atomic E-state index is -2.19. The van der Waals surface area contributed by atoms with Crippen LogP contribution in [-0.2, 0) is 81.0 Å². The molecule has 0 bridgehead atoms.